The molecule has 1 atom stereocenters. The summed E-state index contributed by atoms with van der Waals surface area (Å²) in [7, 11) is 0. The average molecular weight is 267 g/mol. The van der Waals surface area contributed by atoms with E-state index in [0.29, 0.717) is 19.0 Å². The van der Waals surface area contributed by atoms with Crippen molar-refractivity contribution in [2.75, 3.05) is 18.4 Å². The Bertz CT molecular complexity index is 423. The van der Waals surface area contributed by atoms with Crippen LogP contribution in [0.2, 0.25) is 0 Å². The molecule has 0 radical (unpaired) electrons. The van der Waals surface area contributed by atoms with E-state index in [9.17, 15) is 9.18 Å². The fourth-order valence-corrected chi connectivity index (χ4v) is 1.49. The van der Waals surface area contributed by atoms with Crippen molar-refractivity contribution in [2.24, 2.45) is 5.92 Å². The number of carbonyl (C=O) groups excluding carboxylic acids is 1. The number of nitrogens with zero attached hydrogens (tertiary/aromatic N) is 1. The highest BCUT2D eigenvalue weighted by molar-refractivity contribution is 5.95. The van der Waals surface area contributed by atoms with Gasteiger partial charge in [-0.2, -0.15) is 0 Å². The molecule has 0 fully saturated rings. The second kappa shape index (κ2) is 7.71. The quantitative estimate of drug-likeness (QED) is 0.798. The van der Waals surface area contributed by atoms with Crippen LogP contribution in [0.4, 0.5) is 10.2 Å². The number of anilines is 1. The van der Waals surface area contributed by atoms with Crippen LogP contribution in [0.15, 0.2) is 12.3 Å². The summed E-state index contributed by atoms with van der Waals surface area (Å²) in [6.45, 7) is 7.25. The summed E-state index contributed by atoms with van der Waals surface area (Å²) in [5.41, 5.74) is 0.0388. The van der Waals surface area contributed by atoms with Crippen molar-refractivity contribution in [3.63, 3.8) is 0 Å². The van der Waals surface area contributed by atoms with E-state index in [1.807, 2.05) is 13.8 Å². The summed E-state index contributed by atoms with van der Waals surface area (Å²) >= 11 is 0. The van der Waals surface area contributed by atoms with E-state index in [1.165, 1.54) is 12.3 Å². The molecule has 1 heterocycles. The maximum Gasteiger partial charge on any atom is 0.254 e. The Morgan fingerprint density at radius 1 is 1.47 bits per heavy atom. The van der Waals surface area contributed by atoms with Crippen molar-refractivity contribution < 1.29 is 9.18 Å². The van der Waals surface area contributed by atoms with Crippen LogP contribution in [0.5, 0.6) is 0 Å². The lowest BCUT2D eigenvalue weighted by atomic mass is 10.1. The number of halogens is 1. The minimum Gasteiger partial charge on any atom is -0.368 e. The number of carbonyl (C=O) groups is 1. The lowest BCUT2D eigenvalue weighted by molar-refractivity contribution is 0.0943. The first kappa shape index (κ1) is 15.4. The maximum atomic E-state index is 14.1. The molecule has 0 saturated carbocycles. The average Bonchev–Trinajstić information content (AvgIpc) is 2.43. The number of pyridine rings is 1. The lowest BCUT2D eigenvalue weighted by Gasteiger charge is -2.12. The number of rotatable bonds is 7. The highest BCUT2D eigenvalue weighted by atomic mass is 19.1. The number of hydrogen-bond acceptors (Lipinski definition) is 3. The highest BCUT2D eigenvalue weighted by Gasteiger charge is 2.16. The molecule has 1 rings (SSSR count). The van der Waals surface area contributed by atoms with E-state index in [2.05, 4.69) is 22.5 Å². The third-order valence-corrected chi connectivity index (χ3v) is 2.98. The molecule has 1 aromatic rings. The lowest BCUT2D eigenvalue weighted by Crippen LogP contribution is -2.29. The van der Waals surface area contributed by atoms with E-state index in [0.717, 1.165) is 12.8 Å². The Morgan fingerprint density at radius 3 is 2.84 bits per heavy atom. The molecule has 5 heteroatoms. The number of amides is 1. The first-order valence-corrected chi connectivity index (χ1v) is 6.76. The molecule has 106 valence electrons. The van der Waals surface area contributed by atoms with Crippen molar-refractivity contribution in [1.82, 2.24) is 10.3 Å². The molecule has 1 amide bonds. The van der Waals surface area contributed by atoms with Gasteiger partial charge < -0.3 is 10.6 Å². The second-order valence-corrected chi connectivity index (χ2v) is 4.67. The van der Waals surface area contributed by atoms with E-state index < -0.39 is 5.82 Å². The van der Waals surface area contributed by atoms with Crippen LogP contribution >= 0.6 is 0 Å². The molecule has 0 aromatic carbocycles. The Hall–Kier alpha value is -1.65. The summed E-state index contributed by atoms with van der Waals surface area (Å²) in [6, 6.07) is 1.40. The summed E-state index contributed by atoms with van der Waals surface area (Å²) in [5.74, 6) is -0.457. The molecule has 0 aliphatic carbocycles. The molecule has 0 saturated heterocycles. The molecular formula is C14H22FN3O. The third-order valence-electron chi connectivity index (χ3n) is 2.98. The van der Waals surface area contributed by atoms with Gasteiger partial charge in [0.2, 0.25) is 0 Å². The number of aromatic nitrogens is 1. The van der Waals surface area contributed by atoms with Crippen LogP contribution in [0.1, 0.15) is 44.0 Å². The highest BCUT2D eigenvalue weighted by Crippen LogP contribution is 2.15. The van der Waals surface area contributed by atoms with Gasteiger partial charge in [-0.25, -0.2) is 9.37 Å². The van der Waals surface area contributed by atoms with Gasteiger partial charge in [-0.15, -0.1) is 0 Å². The first-order chi connectivity index (χ1) is 9.10. The van der Waals surface area contributed by atoms with Gasteiger partial charge in [-0.05, 0) is 18.4 Å². The summed E-state index contributed by atoms with van der Waals surface area (Å²) in [4.78, 5) is 15.8. The molecule has 0 spiro atoms. The Kier molecular flexibility index (Phi) is 6.25. The monoisotopic (exact) mass is 267 g/mol. The number of nitrogens with one attached hydrogen (secondary N) is 2. The van der Waals surface area contributed by atoms with Crippen LogP contribution in [0, 0.1) is 11.7 Å². The van der Waals surface area contributed by atoms with Gasteiger partial charge in [0.15, 0.2) is 11.6 Å². The minimum absolute atomic E-state index is 0.0388. The smallest absolute Gasteiger partial charge is 0.254 e. The fourth-order valence-electron chi connectivity index (χ4n) is 1.49. The van der Waals surface area contributed by atoms with Crippen molar-refractivity contribution in [3.05, 3.63) is 23.6 Å². The Morgan fingerprint density at radius 2 is 2.21 bits per heavy atom. The molecule has 0 bridgehead atoms. The van der Waals surface area contributed by atoms with Gasteiger partial charge >= 0.3 is 0 Å². The Labute approximate surface area is 113 Å². The third kappa shape index (κ3) is 4.50. The van der Waals surface area contributed by atoms with Gasteiger partial charge in [0.05, 0.1) is 5.56 Å². The zero-order valence-electron chi connectivity index (χ0n) is 11.8. The molecule has 2 N–H and O–H groups in total. The van der Waals surface area contributed by atoms with Crippen LogP contribution in [-0.2, 0) is 0 Å². The normalized spacial score (nSPS) is 12.0. The standard InChI is InChI=1S/C14H22FN3O/c1-4-7-16-13-12(15)11(6-8-17-13)14(19)18-9-10(3)5-2/h6,8,10H,4-5,7,9H2,1-3H3,(H,16,17)(H,18,19). The molecule has 4 nitrogen and oxygen atoms in total. The fraction of sp³-hybridized carbons (Fsp3) is 0.571. The van der Waals surface area contributed by atoms with Gasteiger partial charge in [-0.3, -0.25) is 4.79 Å². The van der Waals surface area contributed by atoms with E-state index in [1.54, 1.807) is 0 Å². The van der Waals surface area contributed by atoms with Crippen LogP contribution in [0.3, 0.4) is 0 Å². The minimum atomic E-state index is -0.586. The van der Waals surface area contributed by atoms with Crippen LogP contribution in [-0.4, -0.2) is 24.0 Å². The zero-order valence-corrected chi connectivity index (χ0v) is 11.8. The summed E-state index contributed by atoms with van der Waals surface area (Å²) in [6.07, 6.45) is 3.28. The topological polar surface area (TPSA) is 54.0 Å². The first-order valence-electron chi connectivity index (χ1n) is 6.76. The van der Waals surface area contributed by atoms with Gasteiger partial charge in [-0.1, -0.05) is 27.2 Å². The predicted molar refractivity (Wildman–Crippen MR) is 74.8 cm³/mol. The van der Waals surface area contributed by atoms with Gasteiger partial charge in [0.1, 0.15) is 0 Å². The molecule has 0 aliphatic heterocycles. The van der Waals surface area contributed by atoms with Crippen molar-refractivity contribution in [2.45, 2.75) is 33.6 Å². The van der Waals surface area contributed by atoms with E-state index in [-0.39, 0.29) is 17.3 Å². The van der Waals surface area contributed by atoms with E-state index in [4.69, 9.17) is 0 Å². The number of hydrogen-bond donors (Lipinski definition) is 2. The van der Waals surface area contributed by atoms with E-state index >= 15 is 0 Å². The molecule has 1 aromatic heterocycles. The summed E-state index contributed by atoms with van der Waals surface area (Å²) in [5, 5.41) is 5.61. The second-order valence-electron chi connectivity index (χ2n) is 4.67. The van der Waals surface area contributed by atoms with Gasteiger partial charge in [0.25, 0.3) is 5.91 Å². The predicted octanol–water partition coefficient (Wildman–Crippen LogP) is 2.82. The van der Waals surface area contributed by atoms with Crippen molar-refractivity contribution >= 4 is 11.7 Å². The Balaban J connectivity index is 2.74. The molecule has 19 heavy (non-hydrogen) atoms. The molecule has 0 aliphatic rings. The summed E-state index contributed by atoms with van der Waals surface area (Å²) < 4.78 is 14.1. The SMILES string of the molecule is CCCNc1nccc(C(=O)NCC(C)CC)c1F. The zero-order chi connectivity index (χ0) is 14.3. The van der Waals surface area contributed by atoms with Crippen molar-refractivity contribution in [1.29, 1.82) is 0 Å². The van der Waals surface area contributed by atoms with Gasteiger partial charge in [0, 0.05) is 19.3 Å². The largest absolute Gasteiger partial charge is 0.368 e. The maximum absolute atomic E-state index is 14.1. The molecule has 1 unspecified atom stereocenters. The van der Waals surface area contributed by atoms with Crippen molar-refractivity contribution in [3.8, 4) is 0 Å². The molecular weight excluding hydrogens is 245 g/mol. The van der Waals surface area contributed by atoms with Crippen LogP contribution < -0.4 is 10.6 Å². The van der Waals surface area contributed by atoms with Crippen LogP contribution in [0.25, 0.3) is 0 Å².